The molecule has 5 nitrogen and oxygen atoms in total. The van der Waals surface area contributed by atoms with Crippen molar-refractivity contribution in [3.63, 3.8) is 0 Å². The maximum Gasteiger partial charge on any atom is 0.191 e. The molecule has 0 saturated heterocycles. The van der Waals surface area contributed by atoms with E-state index in [4.69, 9.17) is 9.73 Å². The zero-order valence-corrected chi connectivity index (χ0v) is 18.7. The Morgan fingerprint density at radius 3 is 2.54 bits per heavy atom. The maximum atomic E-state index is 5.19. The molecule has 0 radical (unpaired) electrons. The van der Waals surface area contributed by atoms with Crippen LogP contribution in [0.25, 0.3) is 0 Å². The van der Waals surface area contributed by atoms with Gasteiger partial charge in [0.1, 0.15) is 0 Å². The lowest BCUT2D eigenvalue weighted by Gasteiger charge is -2.28. The summed E-state index contributed by atoms with van der Waals surface area (Å²) in [5.74, 6) is 0.851. The van der Waals surface area contributed by atoms with E-state index in [9.17, 15) is 0 Å². The van der Waals surface area contributed by atoms with Crippen molar-refractivity contribution in [3.05, 3.63) is 22.4 Å². The van der Waals surface area contributed by atoms with Gasteiger partial charge in [0.05, 0.1) is 19.2 Å². The molecule has 2 N–H and O–H groups in total. The molecule has 1 aromatic heterocycles. The fourth-order valence-corrected chi connectivity index (χ4v) is 3.29. The van der Waals surface area contributed by atoms with Gasteiger partial charge in [0, 0.05) is 19.7 Å². The molecule has 0 spiro atoms. The van der Waals surface area contributed by atoms with Gasteiger partial charge >= 0.3 is 0 Å². The van der Waals surface area contributed by atoms with E-state index in [-0.39, 0.29) is 30.0 Å². The van der Waals surface area contributed by atoms with Crippen molar-refractivity contribution in [1.82, 2.24) is 15.5 Å². The van der Waals surface area contributed by atoms with E-state index >= 15 is 0 Å². The zero-order valence-electron chi connectivity index (χ0n) is 15.5. The molecule has 0 aliphatic carbocycles. The van der Waals surface area contributed by atoms with Crippen molar-refractivity contribution in [2.24, 2.45) is 4.99 Å². The van der Waals surface area contributed by atoms with Crippen LogP contribution in [0, 0.1) is 0 Å². The van der Waals surface area contributed by atoms with Gasteiger partial charge in [0.25, 0.3) is 0 Å². The van der Waals surface area contributed by atoms with Gasteiger partial charge in [-0.3, -0.25) is 9.89 Å². The van der Waals surface area contributed by atoms with Crippen molar-refractivity contribution in [2.75, 3.05) is 39.9 Å². The third-order valence-electron chi connectivity index (χ3n) is 3.75. The van der Waals surface area contributed by atoms with Gasteiger partial charge in [-0.1, -0.05) is 13.8 Å². The summed E-state index contributed by atoms with van der Waals surface area (Å²) >= 11 is 1.75. The highest BCUT2D eigenvalue weighted by Gasteiger charge is 2.18. The first-order chi connectivity index (χ1) is 11.2. The van der Waals surface area contributed by atoms with Gasteiger partial charge in [-0.25, -0.2) is 0 Å². The second kappa shape index (κ2) is 13.9. The number of hydrogen-bond donors (Lipinski definition) is 2. The Labute approximate surface area is 168 Å². The normalized spacial score (nSPS) is 14.2. The highest BCUT2D eigenvalue weighted by molar-refractivity contribution is 14.0. The molecule has 0 aliphatic rings. The van der Waals surface area contributed by atoms with Crippen molar-refractivity contribution in [3.8, 4) is 0 Å². The lowest BCUT2D eigenvalue weighted by molar-refractivity contribution is 0.179. The molecule has 7 heteroatoms. The van der Waals surface area contributed by atoms with E-state index in [0.29, 0.717) is 12.6 Å². The first-order valence-electron chi connectivity index (χ1n) is 8.46. The molecule has 0 bridgehead atoms. The number of nitrogens with zero attached hydrogens (tertiary/aromatic N) is 2. The third-order valence-corrected chi connectivity index (χ3v) is 4.45. The van der Waals surface area contributed by atoms with E-state index in [1.807, 2.05) is 0 Å². The highest BCUT2D eigenvalue weighted by Crippen LogP contribution is 2.23. The minimum Gasteiger partial charge on any atom is -0.383 e. The fraction of sp³-hybridized carbons (Fsp3) is 0.706. The molecule has 0 amide bonds. The standard InChI is InChI=1S/C17H32N4OS.HI/c1-6-18-17(20-14(4)12-22-5)19-11-16(21(7-2)8-3)15-9-10-23-13-15;/h9-10,13-14,16H,6-8,11-12H2,1-5H3,(H2,18,19,20);1H. The number of thiophene rings is 1. The van der Waals surface area contributed by atoms with Crippen LogP contribution in [0.5, 0.6) is 0 Å². The fourth-order valence-electron chi connectivity index (χ4n) is 2.58. The summed E-state index contributed by atoms with van der Waals surface area (Å²) in [6.45, 7) is 12.9. The topological polar surface area (TPSA) is 48.9 Å². The number of likely N-dealkylation sites (N-methyl/N-ethyl adjacent to an activating group) is 1. The molecule has 0 saturated carbocycles. The number of guanidine groups is 1. The minimum absolute atomic E-state index is 0. The smallest absolute Gasteiger partial charge is 0.191 e. The molecule has 1 rings (SSSR count). The van der Waals surface area contributed by atoms with Crippen molar-refractivity contribution >= 4 is 41.3 Å². The van der Waals surface area contributed by atoms with E-state index in [0.717, 1.165) is 32.1 Å². The van der Waals surface area contributed by atoms with Crippen LogP contribution in [-0.2, 0) is 4.74 Å². The average molecular weight is 468 g/mol. The SMILES string of the molecule is CCNC(=NCC(c1ccsc1)N(CC)CC)NC(C)COC.I. The van der Waals surface area contributed by atoms with Gasteiger partial charge < -0.3 is 15.4 Å². The first-order valence-corrected chi connectivity index (χ1v) is 9.40. The Hall–Kier alpha value is -0.380. The summed E-state index contributed by atoms with van der Waals surface area (Å²) < 4.78 is 5.19. The molecular weight excluding hydrogens is 435 g/mol. The summed E-state index contributed by atoms with van der Waals surface area (Å²) in [5.41, 5.74) is 1.35. The van der Waals surface area contributed by atoms with Crippen LogP contribution in [0.1, 0.15) is 39.3 Å². The number of ether oxygens (including phenoxy) is 1. The van der Waals surface area contributed by atoms with Crippen molar-refractivity contribution in [2.45, 2.75) is 39.8 Å². The maximum absolute atomic E-state index is 5.19. The van der Waals surface area contributed by atoms with Crippen molar-refractivity contribution < 1.29 is 4.74 Å². The van der Waals surface area contributed by atoms with Gasteiger partial charge in [0.15, 0.2) is 5.96 Å². The van der Waals surface area contributed by atoms with Crippen LogP contribution in [0.2, 0.25) is 0 Å². The number of nitrogens with one attached hydrogen (secondary N) is 2. The molecule has 0 aromatic carbocycles. The average Bonchev–Trinajstić information content (AvgIpc) is 3.05. The number of hydrogen-bond acceptors (Lipinski definition) is 4. The second-order valence-electron chi connectivity index (χ2n) is 5.51. The summed E-state index contributed by atoms with van der Waals surface area (Å²) in [6.07, 6.45) is 0. The monoisotopic (exact) mass is 468 g/mol. The predicted octanol–water partition coefficient (Wildman–Crippen LogP) is 3.34. The first kappa shape index (κ1) is 23.6. The molecule has 1 aromatic rings. The molecule has 1 heterocycles. The summed E-state index contributed by atoms with van der Waals surface area (Å²) in [4.78, 5) is 7.26. The highest BCUT2D eigenvalue weighted by atomic mass is 127. The van der Waals surface area contributed by atoms with Crippen LogP contribution in [0.3, 0.4) is 0 Å². The van der Waals surface area contributed by atoms with E-state index < -0.39 is 0 Å². The number of aliphatic imine (C=N–C) groups is 1. The van der Waals surface area contributed by atoms with Gasteiger partial charge in [-0.05, 0) is 49.3 Å². The lowest BCUT2D eigenvalue weighted by Crippen LogP contribution is -2.44. The Kier molecular flexibility index (Phi) is 13.6. The van der Waals surface area contributed by atoms with Crippen molar-refractivity contribution in [1.29, 1.82) is 0 Å². The van der Waals surface area contributed by atoms with Crippen LogP contribution in [0.4, 0.5) is 0 Å². The van der Waals surface area contributed by atoms with Gasteiger partial charge in [0.2, 0.25) is 0 Å². The summed E-state index contributed by atoms with van der Waals surface area (Å²) in [6, 6.07) is 2.76. The predicted molar refractivity (Wildman–Crippen MR) is 116 cm³/mol. The second-order valence-corrected chi connectivity index (χ2v) is 6.29. The Balaban J connectivity index is 0.00000529. The van der Waals surface area contributed by atoms with Crippen LogP contribution < -0.4 is 10.6 Å². The van der Waals surface area contributed by atoms with Gasteiger partial charge in [-0.15, -0.1) is 24.0 Å². The molecular formula is C17H33IN4OS. The van der Waals surface area contributed by atoms with E-state index in [1.165, 1.54) is 5.56 Å². The Morgan fingerprint density at radius 2 is 2.04 bits per heavy atom. The Bertz CT molecular complexity index is 438. The van der Waals surface area contributed by atoms with Crippen LogP contribution in [-0.4, -0.2) is 56.8 Å². The van der Waals surface area contributed by atoms with Crippen LogP contribution >= 0.6 is 35.3 Å². The number of rotatable bonds is 10. The molecule has 0 aliphatic heterocycles. The Morgan fingerprint density at radius 1 is 1.33 bits per heavy atom. The number of methoxy groups -OCH3 is 1. The van der Waals surface area contributed by atoms with E-state index in [1.54, 1.807) is 18.4 Å². The molecule has 140 valence electrons. The molecule has 2 unspecified atom stereocenters. The van der Waals surface area contributed by atoms with Gasteiger partial charge in [-0.2, -0.15) is 11.3 Å². The summed E-state index contributed by atoms with van der Waals surface area (Å²) in [7, 11) is 1.72. The molecule has 24 heavy (non-hydrogen) atoms. The third kappa shape index (κ3) is 8.13. The zero-order chi connectivity index (χ0) is 17.1. The molecule has 0 fully saturated rings. The lowest BCUT2D eigenvalue weighted by atomic mass is 10.1. The summed E-state index contributed by atoms with van der Waals surface area (Å²) in [5, 5.41) is 11.1. The minimum atomic E-state index is 0. The van der Waals surface area contributed by atoms with Crippen LogP contribution in [0.15, 0.2) is 21.8 Å². The van der Waals surface area contributed by atoms with E-state index in [2.05, 4.69) is 60.1 Å². The largest absolute Gasteiger partial charge is 0.383 e. The molecule has 2 atom stereocenters. The number of halogens is 1. The quantitative estimate of drug-likeness (QED) is 0.314.